The number of aromatic nitrogens is 3. The van der Waals surface area contributed by atoms with E-state index in [4.69, 9.17) is 5.11 Å². The zero-order valence-corrected chi connectivity index (χ0v) is 8.32. The molecule has 0 saturated heterocycles. The number of carboxylic acid groups (broad SMARTS) is 1. The number of pyridine rings is 1. The quantitative estimate of drug-likeness (QED) is 0.785. The first-order chi connectivity index (χ1) is 7.75. The van der Waals surface area contributed by atoms with E-state index in [9.17, 15) is 4.79 Å². The molecule has 5 nitrogen and oxygen atoms in total. The fourth-order valence-electron chi connectivity index (χ4n) is 1.21. The lowest BCUT2D eigenvalue weighted by molar-refractivity contribution is -0.131. The molecule has 0 saturated carbocycles. The van der Waals surface area contributed by atoms with Crippen molar-refractivity contribution in [2.45, 2.75) is 0 Å². The van der Waals surface area contributed by atoms with Crippen LogP contribution < -0.4 is 0 Å². The molecule has 2 aromatic rings. The van der Waals surface area contributed by atoms with Gasteiger partial charge in [0.05, 0.1) is 0 Å². The number of rotatable bonds is 3. The lowest BCUT2D eigenvalue weighted by Crippen LogP contribution is -1.93. The molecule has 5 heteroatoms. The predicted octanol–water partition coefficient (Wildman–Crippen LogP) is 1.37. The van der Waals surface area contributed by atoms with Gasteiger partial charge in [-0.05, 0) is 23.8 Å². The van der Waals surface area contributed by atoms with Crippen molar-refractivity contribution in [2.75, 3.05) is 0 Å². The van der Waals surface area contributed by atoms with Gasteiger partial charge >= 0.3 is 5.97 Å². The van der Waals surface area contributed by atoms with Crippen LogP contribution in [0.25, 0.3) is 11.9 Å². The van der Waals surface area contributed by atoms with E-state index in [0.717, 1.165) is 17.5 Å². The molecular weight excluding hydrogens is 206 g/mol. The number of nitrogens with zero attached hydrogens (tertiary/aromatic N) is 3. The summed E-state index contributed by atoms with van der Waals surface area (Å²) in [5, 5.41) is 8.46. The molecule has 0 aliphatic carbocycles. The molecule has 0 fully saturated rings. The van der Waals surface area contributed by atoms with Gasteiger partial charge in [-0.25, -0.2) is 14.8 Å². The zero-order chi connectivity index (χ0) is 11.4. The molecular formula is C11H9N3O2. The summed E-state index contributed by atoms with van der Waals surface area (Å²) in [6, 6.07) is 3.59. The Morgan fingerprint density at radius 3 is 2.88 bits per heavy atom. The molecule has 0 aromatic carbocycles. The van der Waals surface area contributed by atoms with Crippen LogP contribution in [0.5, 0.6) is 0 Å². The minimum atomic E-state index is -0.973. The first-order valence-electron chi connectivity index (χ1n) is 4.61. The molecule has 0 aliphatic heterocycles. The Kier molecular flexibility index (Phi) is 2.77. The van der Waals surface area contributed by atoms with Crippen LogP contribution in [-0.2, 0) is 4.79 Å². The van der Waals surface area contributed by atoms with Crippen molar-refractivity contribution in [3.63, 3.8) is 0 Å². The van der Waals surface area contributed by atoms with Crippen LogP contribution in [-0.4, -0.2) is 25.6 Å². The van der Waals surface area contributed by atoms with E-state index in [-0.39, 0.29) is 0 Å². The average molecular weight is 215 g/mol. The molecule has 16 heavy (non-hydrogen) atoms. The van der Waals surface area contributed by atoms with Crippen molar-refractivity contribution in [1.29, 1.82) is 0 Å². The van der Waals surface area contributed by atoms with Crippen LogP contribution in [0.15, 0.2) is 43.1 Å². The fraction of sp³-hybridized carbons (Fsp3) is 0. The molecule has 0 bridgehead atoms. The van der Waals surface area contributed by atoms with Crippen molar-refractivity contribution in [3.05, 3.63) is 48.7 Å². The maximum absolute atomic E-state index is 10.3. The second kappa shape index (κ2) is 4.39. The molecule has 0 amide bonds. The Labute approximate surface area is 91.7 Å². The zero-order valence-electron chi connectivity index (χ0n) is 8.32. The van der Waals surface area contributed by atoms with Crippen molar-refractivity contribution >= 4 is 12.0 Å². The summed E-state index contributed by atoms with van der Waals surface area (Å²) in [6.45, 7) is 0. The first-order valence-corrected chi connectivity index (χ1v) is 4.61. The van der Waals surface area contributed by atoms with Crippen LogP contribution >= 0.6 is 0 Å². The number of carbonyl (C=O) groups is 1. The number of imidazole rings is 1. The Hall–Kier alpha value is -2.43. The highest BCUT2D eigenvalue weighted by Gasteiger charge is 1.96. The van der Waals surface area contributed by atoms with Crippen molar-refractivity contribution < 1.29 is 9.90 Å². The lowest BCUT2D eigenvalue weighted by atomic mass is 10.2. The van der Waals surface area contributed by atoms with Crippen molar-refractivity contribution in [3.8, 4) is 5.82 Å². The Bertz CT molecular complexity index is 501. The summed E-state index contributed by atoms with van der Waals surface area (Å²) < 4.78 is 1.77. The Morgan fingerprint density at radius 2 is 2.31 bits per heavy atom. The molecule has 2 aromatic heterocycles. The van der Waals surface area contributed by atoms with Gasteiger partial charge in [0.2, 0.25) is 0 Å². The summed E-state index contributed by atoms with van der Waals surface area (Å²) in [6.07, 6.45) is 9.28. The predicted molar refractivity (Wildman–Crippen MR) is 58.0 cm³/mol. The van der Waals surface area contributed by atoms with Crippen LogP contribution in [0.2, 0.25) is 0 Å². The van der Waals surface area contributed by atoms with Gasteiger partial charge in [0.25, 0.3) is 0 Å². The highest BCUT2D eigenvalue weighted by Crippen LogP contribution is 2.06. The fourth-order valence-corrected chi connectivity index (χ4v) is 1.21. The van der Waals surface area contributed by atoms with Gasteiger partial charge in [0.15, 0.2) is 0 Å². The number of hydrogen-bond acceptors (Lipinski definition) is 3. The SMILES string of the molecule is O=C(O)/C=C/c1ccc(-n2ccnc2)nc1. The molecule has 0 aliphatic rings. The minimum Gasteiger partial charge on any atom is -0.478 e. The molecule has 0 spiro atoms. The molecule has 2 rings (SSSR count). The third-order valence-electron chi connectivity index (χ3n) is 1.96. The number of aliphatic carboxylic acids is 1. The summed E-state index contributed by atoms with van der Waals surface area (Å²) in [4.78, 5) is 18.4. The van der Waals surface area contributed by atoms with E-state index in [1.165, 1.54) is 6.08 Å². The lowest BCUT2D eigenvalue weighted by Gasteiger charge is -2.00. The largest absolute Gasteiger partial charge is 0.478 e. The maximum Gasteiger partial charge on any atom is 0.328 e. The van der Waals surface area contributed by atoms with E-state index in [0.29, 0.717) is 0 Å². The first kappa shape index (κ1) is 10.1. The van der Waals surface area contributed by atoms with Gasteiger partial charge in [-0.15, -0.1) is 0 Å². The van der Waals surface area contributed by atoms with E-state index < -0.39 is 5.97 Å². The van der Waals surface area contributed by atoms with Crippen LogP contribution in [0, 0.1) is 0 Å². The third-order valence-corrected chi connectivity index (χ3v) is 1.96. The summed E-state index contributed by atoms with van der Waals surface area (Å²) in [5.74, 6) is -0.233. The molecule has 0 atom stereocenters. The number of carboxylic acids is 1. The third kappa shape index (κ3) is 2.33. The summed E-state index contributed by atoms with van der Waals surface area (Å²) >= 11 is 0. The second-order valence-electron chi connectivity index (χ2n) is 3.09. The van der Waals surface area contributed by atoms with E-state index in [2.05, 4.69) is 9.97 Å². The second-order valence-corrected chi connectivity index (χ2v) is 3.09. The van der Waals surface area contributed by atoms with E-state index >= 15 is 0 Å². The summed E-state index contributed by atoms with van der Waals surface area (Å²) in [5.41, 5.74) is 0.742. The van der Waals surface area contributed by atoms with Gasteiger partial charge < -0.3 is 5.11 Å². The molecule has 0 unspecified atom stereocenters. The van der Waals surface area contributed by atoms with E-state index in [1.807, 2.05) is 0 Å². The highest BCUT2D eigenvalue weighted by molar-refractivity contribution is 5.85. The van der Waals surface area contributed by atoms with Gasteiger partial charge in [-0.2, -0.15) is 0 Å². The van der Waals surface area contributed by atoms with Crippen LogP contribution in [0.3, 0.4) is 0 Å². The van der Waals surface area contributed by atoms with Crippen LogP contribution in [0.4, 0.5) is 0 Å². The maximum atomic E-state index is 10.3. The van der Waals surface area contributed by atoms with Gasteiger partial charge in [-0.3, -0.25) is 4.57 Å². The molecule has 1 N–H and O–H groups in total. The normalized spacial score (nSPS) is 10.8. The van der Waals surface area contributed by atoms with Gasteiger partial charge in [0.1, 0.15) is 12.1 Å². The average Bonchev–Trinajstić information content (AvgIpc) is 2.80. The number of hydrogen-bond donors (Lipinski definition) is 1. The standard InChI is InChI=1S/C11H9N3O2/c15-11(16)4-2-9-1-3-10(13-7-9)14-6-5-12-8-14/h1-8H,(H,15,16)/b4-2+. The molecule has 80 valence electrons. The molecule has 0 radical (unpaired) electrons. The topological polar surface area (TPSA) is 68.0 Å². The monoisotopic (exact) mass is 215 g/mol. The summed E-state index contributed by atoms with van der Waals surface area (Å²) in [7, 11) is 0. The Morgan fingerprint density at radius 1 is 1.44 bits per heavy atom. The van der Waals surface area contributed by atoms with Crippen molar-refractivity contribution in [2.24, 2.45) is 0 Å². The van der Waals surface area contributed by atoms with Gasteiger partial charge in [-0.1, -0.05) is 0 Å². The van der Waals surface area contributed by atoms with Crippen LogP contribution in [0.1, 0.15) is 5.56 Å². The smallest absolute Gasteiger partial charge is 0.328 e. The molecule has 2 heterocycles. The van der Waals surface area contributed by atoms with Crippen molar-refractivity contribution in [1.82, 2.24) is 14.5 Å². The minimum absolute atomic E-state index is 0.741. The van der Waals surface area contributed by atoms with Gasteiger partial charge in [0, 0.05) is 24.7 Å². The van der Waals surface area contributed by atoms with E-state index in [1.54, 1.807) is 41.6 Å². The Balaban J connectivity index is 2.20. The highest BCUT2D eigenvalue weighted by atomic mass is 16.4.